The number of alkyl halides is 3. The van der Waals surface area contributed by atoms with Crippen molar-refractivity contribution in [2.75, 3.05) is 36.5 Å². The number of nitrogens with two attached hydrogens (primary N) is 2. The van der Waals surface area contributed by atoms with Crippen molar-refractivity contribution in [1.82, 2.24) is 15.5 Å². The monoisotopic (exact) mass is 649 g/mol. The van der Waals surface area contributed by atoms with Crippen molar-refractivity contribution in [3.8, 4) is 0 Å². The summed E-state index contributed by atoms with van der Waals surface area (Å²) in [7, 11) is 0. The third kappa shape index (κ3) is 11.0. The van der Waals surface area contributed by atoms with Gasteiger partial charge in [0.15, 0.2) is 0 Å². The maximum absolute atomic E-state index is 13.8. The first kappa shape index (κ1) is 36.4. The lowest BCUT2D eigenvalue weighted by Gasteiger charge is -2.21. The number of hydrazine groups is 1. The highest BCUT2D eigenvalue weighted by Gasteiger charge is 2.32. The van der Waals surface area contributed by atoms with E-state index in [4.69, 9.17) is 11.6 Å². The van der Waals surface area contributed by atoms with Gasteiger partial charge in [0.2, 0.25) is 0 Å². The number of amides is 1. The van der Waals surface area contributed by atoms with Crippen LogP contribution in [-0.4, -0.2) is 53.5 Å². The summed E-state index contributed by atoms with van der Waals surface area (Å²) < 4.78 is 41.3. The quantitative estimate of drug-likeness (QED) is 0.172. The number of aryl methyl sites for hydroxylation is 1. The Morgan fingerprint density at radius 2 is 1.80 bits per heavy atom. The molecule has 2 atom stereocenters. The molecule has 2 unspecified atom stereocenters. The van der Waals surface area contributed by atoms with Crippen LogP contribution in [0.15, 0.2) is 48.3 Å². The van der Waals surface area contributed by atoms with Crippen molar-refractivity contribution in [3.63, 3.8) is 0 Å². The number of anilines is 2. The van der Waals surface area contributed by atoms with Crippen molar-refractivity contribution in [3.05, 3.63) is 70.5 Å². The number of thioether (sulfide) groups is 1. The SMILES string of the molecule is CC.CC(=O)CNC1NCC(/C(N)=C/N(N)c2cc(C(=O)Nc3cc(CN4CCCCCC4)cc(C(F)(F)F)c3)ccc2C)S1. The van der Waals surface area contributed by atoms with Gasteiger partial charge < -0.3 is 11.1 Å². The third-order valence-corrected chi connectivity index (χ3v) is 8.79. The fourth-order valence-electron chi connectivity index (χ4n) is 5.14. The number of likely N-dealkylation sites (tertiary alicyclic amines) is 1. The largest absolute Gasteiger partial charge is 0.416 e. The number of halogens is 3. The minimum atomic E-state index is -4.55. The van der Waals surface area contributed by atoms with Gasteiger partial charge in [0.25, 0.3) is 5.91 Å². The fraction of sp³-hybridized carbons (Fsp3) is 0.500. The van der Waals surface area contributed by atoms with Crippen LogP contribution < -0.4 is 32.5 Å². The lowest BCUT2D eigenvalue weighted by molar-refractivity contribution is -0.137. The molecule has 0 aromatic heterocycles. The standard InChI is InChI=1S/C30H40F3N7O2S.C2H6/c1-19-7-8-22(13-26(19)40(35)18-25(34)27-16-37-29(43-27)36-15-20(2)41)28(42)38-24-12-21(11-23(14-24)30(31,32)33)17-39-9-5-3-4-6-10-39;1-2/h7-8,11-14,18,27,29,36-37H,3-6,9-10,15-17,34-35H2,1-2H3,(H,38,42);1-2H3/b25-18-;. The van der Waals surface area contributed by atoms with Crippen molar-refractivity contribution in [2.45, 2.75) is 76.8 Å². The molecule has 2 heterocycles. The second-order valence-corrected chi connectivity index (χ2v) is 12.4. The second kappa shape index (κ2) is 17.0. The molecule has 7 N–H and O–H groups in total. The minimum absolute atomic E-state index is 0.0308. The van der Waals surface area contributed by atoms with Crippen LogP contribution in [0.4, 0.5) is 24.5 Å². The molecule has 13 heteroatoms. The highest BCUT2D eigenvalue weighted by molar-refractivity contribution is 8.00. The van der Waals surface area contributed by atoms with Gasteiger partial charge in [-0.15, -0.1) is 11.8 Å². The topological polar surface area (TPSA) is 129 Å². The molecular weight excluding hydrogens is 603 g/mol. The highest BCUT2D eigenvalue weighted by atomic mass is 32.2. The molecule has 45 heavy (non-hydrogen) atoms. The number of benzene rings is 2. The molecule has 0 aliphatic carbocycles. The molecule has 0 saturated carbocycles. The Labute approximate surface area is 268 Å². The van der Waals surface area contributed by atoms with E-state index in [9.17, 15) is 22.8 Å². The zero-order chi connectivity index (χ0) is 33.1. The van der Waals surface area contributed by atoms with Crippen LogP contribution in [0, 0.1) is 6.92 Å². The fourth-order valence-corrected chi connectivity index (χ4v) is 6.26. The van der Waals surface area contributed by atoms with E-state index in [0.717, 1.165) is 56.5 Å². The molecule has 9 nitrogen and oxygen atoms in total. The number of hydrogen-bond donors (Lipinski definition) is 5. The smallest absolute Gasteiger partial charge is 0.400 e. The average Bonchev–Trinajstić information content (AvgIpc) is 3.33. The maximum atomic E-state index is 13.8. The van der Waals surface area contributed by atoms with Gasteiger partial charge in [-0.2, -0.15) is 13.2 Å². The first-order chi connectivity index (χ1) is 21.4. The van der Waals surface area contributed by atoms with E-state index in [0.29, 0.717) is 30.0 Å². The normalized spacial score (nSPS) is 19.3. The van der Waals surface area contributed by atoms with Gasteiger partial charge in [-0.1, -0.05) is 32.8 Å². The summed E-state index contributed by atoms with van der Waals surface area (Å²) in [5, 5.41) is 10.3. The summed E-state index contributed by atoms with van der Waals surface area (Å²) in [5.41, 5.74) is 8.03. The van der Waals surface area contributed by atoms with Gasteiger partial charge in [-0.3, -0.25) is 30.1 Å². The Morgan fingerprint density at radius 3 is 2.44 bits per heavy atom. The van der Waals surface area contributed by atoms with Crippen molar-refractivity contribution >= 4 is 34.8 Å². The third-order valence-electron chi connectivity index (χ3n) is 7.42. The predicted molar refractivity (Wildman–Crippen MR) is 176 cm³/mol. The lowest BCUT2D eigenvalue weighted by atomic mass is 10.1. The van der Waals surface area contributed by atoms with Crippen LogP contribution in [0.5, 0.6) is 0 Å². The van der Waals surface area contributed by atoms with Gasteiger partial charge in [0.1, 0.15) is 11.3 Å². The second-order valence-electron chi connectivity index (χ2n) is 11.1. The average molecular weight is 650 g/mol. The van der Waals surface area contributed by atoms with E-state index >= 15 is 0 Å². The minimum Gasteiger partial charge on any atom is -0.400 e. The Bertz CT molecular complexity index is 1330. The number of hydrogen-bond acceptors (Lipinski definition) is 9. The molecule has 248 valence electrons. The molecule has 2 aromatic carbocycles. The molecule has 4 rings (SSSR count). The molecular formula is C32H46F3N7O2S. The first-order valence-corrected chi connectivity index (χ1v) is 16.3. The van der Waals surface area contributed by atoms with Crippen LogP contribution >= 0.6 is 11.8 Å². The molecule has 0 bridgehead atoms. The molecule has 2 aromatic rings. The van der Waals surface area contributed by atoms with E-state index < -0.39 is 17.6 Å². The molecule has 2 aliphatic rings. The Balaban J connectivity index is 0.00000271. The van der Waals surface area contributed by atoms with Crippen LogP contribution in [0.3, 0.4) is 0 Å². The van der Waals surface area contributed by atoms with Gasteiger partial charge in [-0.25, -0.2) is 5.84 Å². The van der Waals surface area contributed by atoms with Crippen LogP contribution in [0.2, 0.25) is 0 Å². The summed E-state index contributed by atoms with van der Waals surface area (Å²) in [6.45, 7) is 10.2. The molecule has 0 radical (unpaired) electrons. The lowest BCUT2D eigenvalue weighted by Crippen LogP contribution is -2.37. The summed E-state index contributed by atoms with van der Waals surface area (Å²) in [5.74, 6) is 5.81. The Hall–Kier alpha value is -3.10. The van der Waals surface area contributed by atoms with Gasteiger partial charge >= 0.3 is 6.18 Å². The van der Waals surface area contributed by atoms with E-state index in [1.165, 1.54) is 23.7 Å². The van der Waals surface area contributed by atoms with Crippen LogP contribution in [0.1, 0.15) is 73.5 Å². The van der Waals surface area contributed by atoms with E-state index in [1.807, 2.05) is 20.8 Å². The predicted octanol–water partition coefficient (Wildman–Crippen LogP) is 5.32. The number of nitrogens with zero attached hydrogens (tertiary/aromatic N) is 2. The summed E-state index contributed by atoms with van der Waals surface area (Å²) in [4.78, 5) is 26.7. The molecule has 0 spiro atoms. The Morgan fingerprint density at radius 1 is 1.11 bits per heavy atom. The number of ketones is 1. The zero-order valence-electron chi connectivity index (χ0n) is 26.5. The van der Waals surface area contributed by atoms with Gasteiger partial charge in [0, 0.05) is 36.2 Å². The molecule has 1 amide bonds. The molecule has 2 aliphatic heterocycles. The number of carbonyl (C=O) groups excluding carboxylic acids is 2. The number of carbonyl (C=O) groups is 2. The summed E-state index contributed by atoms with van der Waals surface area (Å²) in [6, 6.07) is 8.63. The number of Topliss-reactive ketones (excluding diaryl/α,β-unsaturated/α-hetero) is 1. The van der Waals surface area contributed by atoms with E-state index in [-0.39, 0.29) is 34.3 Å². The number of rotatable bonds is 10. The van der Waals surface area contributed by atoms with Gasteiger partial charge in [-0.05, 0) is 81.2 Å². The van der Waals surface area contributed by atoms with Crippen LogP contribution in [-0.2, 0) is 17.5 Å². The summed E-state index contributed by atoms with van der Waals surface area (Å²) in [6.07, 6.45) is 1.32. The molecule has 2 saturated heterocycles. The van der Waals surface area contributed by atoms with Crippen molar-refractivity contribution in [1.29, 1.82) is 0 Å². The van der Waals surface area contributed by atoms with Crippen LogP contribution in [0.25, 0.3) is 0 Å². The first-order valence-electron chi connectivity index (χ1n) is 15.4. The highest BCUT2D eigenvalue weighted by Crippen LogP contribution is 2.33. The van der Waals surface area contributed by atoms with E-state index in [1.54, 1.807) is 30.5 Å². The summed E-state index contributed by atoms with van der Waals surface area (Å²) >= 11 is 1.53. The maximum Gasteiger partial charge on any atom is 0.416 e. The number of nitrogens with one attached hydrogen (secondary N) is 3. The molecule has 2 fully saturated rings. The van der Waals surface area contributed by atoms with Crippen molar-refractivity contribution < 1.29 is 22.8 Å². The van der Waals surface area contributed by atoms with E-state index in [2.05, 4.69) is 20.9 Å². The zero-order valence-corrected chi connectivity index (χ0v) is 27.3. The van der Waals surface area contributed by atoms with Gasteiger partial charge in [0.05, 0.1) is 23.0 Å². The van der Waals surface area contributed by atoms with Crippen molar-refractivity contribution in [2.24, 2.45) is 11.6 Å². The Kier molecular flexibility index (Phi) is 13.7.